The first-order valence-corrected chi connectivity index (χ1v) is 8.08. The minimum Gasteiger partial charge on any atom is -0.506 e. The average molecular weight is 390 g/mol. The summed E-state index contributed by atoms with van der Waals surface area (Å²) in [4.78, 5) is 0. The van der Waals surface area contributed by atoms with Crippen molar-refractivity contribution in [3.05, 3.63) is 26.6 Å². The van der Waals surface area contributed by atoms with Gasteiger partial charge in [-0.3, -0.25) is 5.01 Å². The molecule has 0 radical (unpaired) electrons. The van der Waals surface area contributed by atoms with Crippen molar-refractivity contribution in [3.63, 3.8) is 0 Å². The number of hydrazone groups is 1. The second-order valence-corrected chi connectivity index (χ2v) is 6.80. The van der Waals surface area contributed by atoms with Gasteiger partial charge in [-0.15, -0.1) is 0 Å². The quantitative estimate of drug-likeness (QED) is 0.755. The number of phenolic OH excluding ortho intramolecular Hbond substituents is 1. The van der Waals surface area contributed by atoms with E-state index in [9.17, 15) is 5.11 Å². The second-order valence-electron chi connectivity index (χ2n) is 5.09. The number of nitrogens with zero attached hydrogens (tertiary/aromatic N) is 2. The van der Waals surface area contributed by atoms with Crippen LogP contribution in [0, 0.1) is 0 Å². The van der Waals surface area contributed by atoms with Crippen LogP contribution in [-0.2, 0) is 0 Å². The highest BCUT2D eigenvalue weighted by Gasteiger charge is 2.22. The van der Waals surface area contributed by atoms with Crippen LogP contribution in [-0.4, -0.2) is 28.4 Å². The van der Waals surface area contributed by atoms with Crippen LogP contribution in [0.2, 0.25) is 0 Å². The van der Waals surface area contributed by atoms with Crippen LogP contribution in [0.5, 0.6) is 5.75 Å². The highest BCUT2D eigenvalue weighted by molar-refractivity contribution is 9.11. The summed E-state index contributed by atoms with van der Waals surface area (Å²) in [7, 11) is 0. The normalized spacial score (nSPS) is 24.1. The first kappa shape index (κ1) is 14.9. The van der Waals surface area contributed by atoms with Crippen LogP contribution in [0.3, 0.4) is 0 Å². The molecule has 0 aromatic heterocycles. The average Bonchev–Trinajstić information content (AvgIpc) is 2.35. The summed E-state index contributed by atoms with van der Waals surface area (Å²) < 4.78 is 1.34. The fraction of sp³-hybridized carbons (Fsp3) is 0.500. The van der Waals surface area contributed by atoms with Crippen LogP contribution in [0.25, 0.3) is 0 Å². The lowest BCUT2D eigenvalue weighted by atomic mass is 10.00. The topological polar surface area (TPSA) is 35.8 Å². The van der Waals surface area contributed by atoms with E-state index in [4.69, 9.17) is 0 Å². The van der Waals surface area contributed by atoms with Gasteiger partial charge in [-0.05, 0) is 82.7 Å². The van der Waals surface area contributed by atoms with Crippen molar-refractivity contribution < 1.29 is 5.11 Å². The third-order valence-corrected chi connectivity index (χ3v) is 4.74. The number of phenols is 1. The van der Waals surface area contributed by atoms with E-state index in [1.54, 1.807) is 0 Å². The Labute approximate surface area is 130 Å². The molecule has 1 fully saturated rings. The van der Waals surface area contributed by atoms with E-state index >= 15 is 0 Å². The number of halogens is 2. The van der Waals surface area contributed by atoms with Crippen molar-refractivity contribution in [1.82, 2.24) is 5.01 Å². The number of aromatic hydroxyl groups is 1. The van der Waals surface area contributed by atoms with Gasteiger partial charge >= 0.3 is 0 Å². The van der Waals surface area contributed by atoms with Crippen LogP contribution < -0.4 is 0 Å². The van der Waals surface area contributed by atoms with Gasteiger partial charge in [0.25, 0.3) is 0 Å². The highest BCUT2D eigenvalue weighted by Crippen LogP contribution is 2.33. The van der Waals surface area contributed by atoms with Gasteiger partial charge in [-0.2, -0.15) is 5.10 Å². The number of piperidine rings is 1. The molecule has 3 nitrogen and oxygen atoms in total. The summed E-state index contributed by atoms with van der Waals surface area (Å²) >= 11 is 6.66. The van der Waals surface area contributed by atoms with E-state index in [1.165, 1.54) is 19.3 Å². The molecule has 0 saturated carbocycles. The lowest BCUT2D eigenvalue weighted by Gasteiger charge is -2.36. The molecule has 0 aliphatic carbocycles. The molecular weight excluding hydrogens is 372 g/mol. The van der Waals surface area contributed by atoms with Gasteiger partial charge in [-0.1, -0.05) is 0 Å². The lowest BCUT2D eigenvalue weighted by Crippen LogP contribution is -2.39. The van der Waals surface area contributed by atoms with Gasteiger partial charge in [0.15, 0.2) is 0 Å². The van der Waals surface area contributed by atoms with Crippen molar-refractivity contribution in [2.75, 3.05) is 0 Å². The fourth-order valence-electron chi connectivity index (χ4n) is 2.43. The molecule has 19 heavy (non-hydrogen) atoms. The highest BCUT2D eigenvalue weighted by atomic mass is 79.9. The second kappa shape index (κ2) is 6.27. The minimum atomic E-state index is 0.219. The Kier molecular flexibility index (Phi) is 4.90. The van der Waals surface area contributed by atoms with Gasteiger partial charge in [0, 0.05) is 12.1 Å². The maximum absolute atomic E-state index is 9.68. The number of rotatable bonds is 2. The van der Waals surface area contributed by atoms with Gasteiger partial charge < -0.3 is 5.11 Å². The molecule has 0 amide bonds. The molecule has 1 N–H and O–H groups in total. The molecule has 2 atom stereocenters. The summed E-state index contributed by atoms with van der Waals surface area (Å²) in [5.41, 5.74) is 0.960. The molecule has 104 valence electrons. The molecule has 0 bridgehead atoms. The molecule has 5 heteroatoms. The zero-order chi connectivity index (χ0) is 14.0. The van der Waals surface area contributed by atoms with Crippen LogP contribution >= 0.6 is 31.9 Å². The zero-order valence-electron chi connectivity index (χ0n) is 11.1. The Morgan fingerprint density at radius 3 is 2.26 bits per heavy atom. The fourth-order valence-corrected chi connectivity index (χ4v) is 3.65. The molecule has 1 heterocycles. The van der Waals surface area contributed by atoms with Crippen LogP contribution in [0.15, 0.2) is 26.2 Å². The maximum atomic E-state index is 9.68. The van der Waals surface area contributed by atoms with E-state index in [1.807, 2.05) is 18.3 Å². The largest absolute Gasteiger partial charge is 0.506 e. The monoisotopic (exact) mass is 388 g/mol. The molecular formula is C14H18Br2N2O. The van der Waals surface area contributed by atoms with Crippen molar-refractivity contribution in [1.29, 1.82) is 0 Å². The first-order valence-electron chi connectivity index (χ1n) is 6.49. The summed E-state index contributed by atoms with van der Waals surface area (Å²) in [5.74, 6) is 0.219. The first-order chi connectivity index (χ1) is 8.99. The molecule has 1 aromatic rings. The number of benzene rings is 1. The van der Waals surface area contributed by atoms with Gasteiger partial charge in [0.1, 0.15) is 5.75 Å². The Balaban J connectivity index is 2.18. The van der Waals surface area contributed by atoms with Crippen molar-refractivity contribution in [3.8, 4) is 5.75 Å². The Bertz CT molecular complexity index is 457. The van der Waals surface area contributed by atoms with Gasteiger partial charge in [0.05, 0.1) is 15.2 Å². The summed E-state index contributed by atoms with van der Waals surface area (Å²) in [6, 6.07) is 4.71. The van der Waals surface area contributed by atoms with Crippen molar-refractivity contribution in [2.24, 2.45) is 5.10 Å². The molecule has 0 spiro atoms. The Hall–Kier alpha value is -0.550. The molecule has 1 aliphatic rings. The predicted molar refractivity (Wildman–Crippen MR) is 85.7 cm³/mol. The summed E-state index contributed by atoms with van der Waals surface area (Å²) in [6.45, 7) is 4.44. The summed E-state index contributed by atoms with van der Waals surface area (Å²) in [5, 5.41) is 16.5. The third kappa shape index (κ3) is 3.51. The van der Waals surface area contributed by atoms with Gasteiger partial charge in [0.2, 0.25) is 0 Å². The molecule has 1 aliphatic heterocycles. The number of hydrogen-bond donors (Lipinski definition) is 1. The molecule has 2 rings (SSSR count). The van der Waals surface area contributed by atoms with E-state index in [0.717, 1.165) is 5.56 Å². The van der Waals surface area contributed by atoms with Crippen molar-refractivity contribution >= 4 is 38.1 Å². The zero-order valence-corrected chi connectivity index (χ0v) is 14.3. The third-order valence-electron chi connectivity index (χ3n) is 3.53. The van der Waals surface area contributed by atoms with E-state index in [-0.39, 0.29) is 5.75 Å². The lowest BCUT2D eigenvalue weighted by molar-refractivity contribution is 0.109. The van der Waals surface area contributed by atoms with Crippen molar-refractivity contribution in [2.45, 2.75) is 45.2 Å². The van der Waals surface area contributed by atoms with E-state index < -0.39 is 0 Å². The number of hydrogen-bond acceptors (Lipinski definition) is 3. The standard InChI is InChI=1S/C14H18Br2N2O/c1-9-4-3-5-10(2)18(9)17-8-11-6-12(15)14(19)13(16)7-11/h6-10,19H,3-5H2,1-2H3/b17-8+/t9-,10-/m0/s1. The van der Waals surface area contributed by atoms with E-state index in [2.05, 4.69) is 55.8 Å². The predicted octanol–water partition coefficient (Wildman–Crippen LogP) is 4.51. The van der Waals surface area contributed by atoms with Gasteiger partial charge in [-0.25, -0.2) is 0 Å². The van der Waals surface area contributed by atoms with Crippen LogP contribution in [0.1, 0.15) is 38.7 Å². The minimum absolute atomic E-state index is 0.219. The maximum Gasteiger partial charge on any atom is 0.143 e. The van der Waals surface area contributed by atoms with Crippen LogP contribution in [0.4, 0.5) is 0 Å². The molecule has 0 unspecified atom stereocenters. The summed E-state index contributed by atoms with van der Waals surface area (Å²) in [6.07, 6.45) is 5.53. The SMILES string of the molecule is C[C@H]1CCC[C@H](C)N1/N=C/c1cc(Br)c(O)c(Br)c1. The molecule has 1 saturated heterocycles. The Morgan fingerprint density at radius 2 is 1.74 bits per heavy atom. The molecule has 1 aromatic carbocycles. The Morgan fingerprint density at radius 1 is 1.21 bits per heavy atom. The van der Waals surface area contributed by atoms with E-state index in [0.29, 0.717) is 21.0 Å². The smallest absolute Gasteiger partial charge is 0.143 e.